The quantitative estimate of drug-likeness (QED) is 0.440. The average Bonchev–Trinajstić information content (AvgIpc) is 3.03. The molecule has 1 heterocycles. The van der Waals surface area contributed by atoms with Crippen LogP contribution in [0.3, 0.4) is 0 Å². The minimum atomic E-state index is -0.731. The maximum absolute atomic E-state index is 12.8. The summed E-state index contributed by atoms with van der Waals surface area (Å²) in [5.41, 5.74) is 1.70. The van der Waals surface area contributed by atoms with Crippen LogP contribution in [0.1, 0.15) is 51.8 Å². The van der Waals surface area contributed by atoms with E-state index < -0.39 is 28.2 Å². The highest BCUT2D eigenvalue weighted by Crippen LogP contribution is 2.29. The molecule has 0 unspecified atom stereocenters. The first kappa shape index (κ1) is 21.4. The SMILES string of the molecule is O=C(Cl)c1ccc(NC(=O)c2ccc(N3C(=O)c4ccc(C(=O)Cl)cc4C3=O)cc2)cc1. The molecule has 1 aliphatic heterocycles. The number of amides is 3. The molecule has 0 aliphatic carbocycles. The van der Waals surface area contributed by atoms with Crippen LogP contribution in [0.15, 0.2) is 66.7 Å². The predicted octanol–water partition coefficient (Wildman–Crippen LogP) is 4.50. The number of halogens is 2. The molecule has 1 aliphatic rings. The zero-order valence-electron chi connectivity index (χ0n) is 16.1. The molecule has 3 aromatic carbocycles. The van der Waals surface area contributed by atoms with Gasteiger partial charge >= 0.3 is 0 Å². The van der Waals surface area contributed by atoms with E-state index in [0.717, 1.165) is 4.90 Å². The molecule has 3 aromatic rings. The van der Waals surface area contributed by atoms with Crippen molar-refractivity contribution in [2.24, 2.45) is 0 Å². The largest absolute Gasteiger partial charge is 0.322 e. The minimum Gasteiger partial charge on any atom is -0.322 e. The fraction of sp³-hybridized carbons (Fsp3) is 0. The molecule has 0 saturated heterocycles. The second-order valence-electron chi connectivity index (χ2n) is 6.83. The topological polar surface area (TPSA) is 101 Å². The van der Waals surface area contributed by atoms with Gasteiger partial charge in [-0.05, 0) is 89.9 Å². The smallest absolute Gasteiger partial charge is 0.266 e. The molecule has 32 heavy (non-hydrogen) atoms. The van der Waals surface area contributed by atoms with Crippen LogP contribution in [0, 0.1) is 0 Å². The second-order valence-corrected chi connectivity index (χ2v) is 7.52. The first-order valence-corrected chi connectivity index (χ1v) is 9.96. The predicted molar refractivity (Wildman–Crippen MR) is 119 cm³/mol. The molecule has 0 fully saturated rings. The van der Waals surface area contributed by atoms with E-state index >= 15 is 0 Å². The zero-order valence-corrected chi connectivity index (χ0v) is 17.6. The van der Waals surface area contributed by atoms with Gasteiger partial charge < -0.3 is 5.32 Å². The highest BCUT2D eigenvalue weighted by Gasteiger charge is 2.37. The lowest BCUT2D eigenvalue weighted by atomic mass is 10.1. The zero-order chi connectivity index (χ0) is 23.0. The summed E-state index contributed by atoms with van der Waals surface area (Å²) in [4.78, 5) is 61.4. The minimum absolute atomic E-state index is 0.0854. The Balaban J connectivity index is 1.52. The van der Waals surface area contributed by atoms with Crippen LogP contribution in [0.5, 0.6) is 0 Å². The third kappa shape index (κ3) is 3.91. The number of imide groups is 1. The number of benzene rings is 3. The summed E-state index contributed by atoms with van der Waals surface area (Å²) in [6, 6.07) is 16.0. The van der Waals surface area contributed by atoms with Gasteiger partial charge in [-0.3, -0.25) is 24.0 Å². The van der Waals surface area contributed by atoms with E-state index in [1.54, 1.807) is 12.1 Å². The molecule has 0 radical (unpaired) electrons. The lowest BCUT2D eigenvalue weighted by Gasteiger charge is -2.14. The van der Waals surface area contributed by atoms with Crippen LogP contribution in [0.2, 0.25) is 0 Å². The fourth-order valence-electron chi connectivity index (χ4n) is 3.25. The molecule has 1 N–H and O–H groups in total. The van der Waals surface area contributed by atoms with E-state index in [-0.39, 0.29) is 27.9 Å². The van der Waals surface area contributed by atoms with Gasteiger partial charge in [-0.2, -0.15) is 0 Å². The van der Waals surface area contributed by atoms with Crippen LogP contribution in [-0.4, -0.2) is 28.2 Å². The summed E-state index contributed by atoms with van der Waals surface area (Å²) in [6.45, 7) is 0. The number of hydrogen-bond acceptors (Lipinski definition) is 5. The number of fused-ring (bicyclic) bond motifs is 1. The van der Waals surface area contributed by atoms with E-state index in [1.165, 1.54) is 54.6 Å². The van der Waals surface area contributed by atoms with Gasteiger partial charge in [0.25, 0.3) is 28.2 Å². The monoisotopic (exact) mass is 466 g/mol. The lowest BCUT2D eigenvalue weighted by Crippen LogP contribution is -2.29. The van der Waals surface area contributed by atoms with Gasteiger partial charge in [0.1, 0.15) is 0 Å². The van der Waals surface area contributed by atoms with Gasteiger partial charge in [-0.25, -0.2) is 4.90 Å². The standard InChI is InChI=1S/C23H12Cl2N2O5/c24-19(28)12-1-6-15(7-2-12)26-21(30)13-3-8-16(9-4-13)27-22(31)17-10-5-14(20(25)29)11-18(17)23(27)32/h1-11H,(H,26,30). The molecule has 0 saturated carbocycles. The Morgan fingerprint density at radius 1 is 0.656 bits per heavy atom. The van der Waals surface area contributed by atoms with Crippen LogP contribution in [-0.2, 0) is 0 Å². The van der Waals surface area contributed by atoms with Gasteiger partial charge in [0.05, 0.1) is 16.8 Å². The summed E-state index contributed by atoms with van der Waals surface area (Å²) in [7, 11) is 0. The van der Waals surface area contributed by atoms with E-state index in [2.05, 4.69) is 5.32 Å². The molecular formula is C23H12Cl2N2O5. The summed E-state index contributed by atoms with van der Waals surface area (Å²) in [5, 5.41) is 1.35. The molecule has 0 aromatic heterocycles. The third-order valence-electron chi connectivity index (χ3n) is 4.87. The Morgan fingerprint density at radius 2 is 1.19 bits per heavy atom. The molecule has 0 bridgehead atoms. The average molecular weight is 467 g/mol. The summed E-state index contributed by atoms with van der Waals surface area (Å²) < 4.78 is 0. The van der Waals surface area contributed by atoms with Crippen LogP contribution in [0.25, 0.3) is 0 Å². The molecular weight excluding hydrogens is 455 g/mol. The van der Waals surface area contributed by atoms with E-state index in [1.807, 2.05) is 0 Å². The Hall–Kier alpha value is -3.81. The van der Waals surface area contributed by atoms with Crippen LogP contribution < -0.4 is 10.2 Å². The van der Waals surface area contributed by atoms with Crippen molar-refractivity contribution in [1.29, 1.82) is 0 Å². The third-order valence-corrected chi connectivity index (χ3v) is 5.31. The van der Waals surface area contributed by atoms with Crippen molar-refractivity contribution in [3.8, 4) is 0 Å². The molecule has 158 valence electrons. The van der Waals surface area contributed by atoms with Gasteiger partial charge in [0, 0.05) is 22.4 Å². The molecule has 9 heteroatoms. The number of carbonyl (C=O) groups excluding carboxylic acids is 5. The maximum Gasteiger partial charge on any atom is 0.266 e. The summed E-state index contributed by atoms with van der Waals surface area (Å²) in [5.74, 6) is -1.55. The highest BCUT2D eigenvalue weighted by atomic mass is 35.5. The summed E-state index contributed by atoms with van der Waals surface area (Å²) in [6.07, 6.45) is 0. The van der Waals surface area contributed by atoms with Crippen LogP contribution >= 0.6 is 23.2 Å². The van der Waals surface area contributed by atoms with Gasteiger partial charge in [-0.15, -0.1) is 0 Å². The second kappa shape index (κ2) is 8.37. The first-order chi connectivity index (χ1) is 15.3. The van der Waals surface area contributed by atoms with Crippen molar-refractivity contribution in [2.75, 3.05) is 10.2 Å². The van der Waals surface area contributed by atoms with Gasteiger partial charge in [0.15, 0.2) is 0 Å². The Labute approximate surface area is 191 Å². The van der Waals surface area contributed by atoms with Crippen LogP contribution in [0.4, 0.5) is 11.4 Å². The van der Waals surface area contributed by atoms with Gasteiger partial charge in [-0.1, -0.05) is 0 Å². The lowest BCUT2D eigenvalue weighted by molar-refractivity contribution is 0.0924. The van der Waals surface area contributed by atoms with Crippen molar-refractivity contribution >= 4 is 62.8 Å². The van der Waals surface area contributed by atoms with Gasteiger partial charge in [0.2, 0.25) is 0 Å². The van der Waals surface area contributed by atoms with E-state index in [9.17, 15) is 24.0 Å². The molecule has 7 nitrogen and oxygen atoms in total. The van der Waals surface area contributed by atoms with E-state index in [0.29, 0.717) is 11.3 Å². The van der Waals surface area contributed by atoms with Crippen molar-refractivity contribution in [3.63, 3.8) is 0 Å². The van der Waals surface area contributed by atoms with E-state index in [4.69, 9.17) is 23.2 Å². The number of nitrogens with one attached hydrogen (secondary N) is 1. The Morgan fingerprint density at radius 3 is 1.78 bits per heavy atom. The maximum atomic E-state index is 12.8. The van der Waals surface area contributed by atoms with Crippen molar-refractivity contribution in [2.45, 2.75) is 0 Å². The molecule has 0 spiro atoms. The number of carbonyl (C=O) groups is 5. The normalized spacial score (nSPS) is 12.5. The first-order valence-electron chi connectivity index (χ1n) is 9.20. The molecule has 0 atom stereocenters. The van der Waals surface area contributed by atoms with Crippen molar-refractivity contribution in [3.05, 3.63) is 94.5 Å². The molecule has 4 rings (SSSR count). The fourth-order valence-corrected chi connectivity index (χ4v) is 3.49. The number of anilines is 2. The number of rotatable bonds is 5. The Kier molecular flexibility index (Phi) is 5.61. The van der Waals surface area contributed by atoms with Crippen molar-refractivity contribution in [1.82, 2.24) is 0 Å². The Bertz CT molecular complexity index is 1300. The molecule has 3 amide bonds. The highest BCUT2D eigenvalue weighted by molar-refractivity contribution is 6.68. The number of hydrogen-bond donors (Lipinski definition) is 1. The van der Waals surface area contributed by atoms with Crippen molar-refractivity contribution < 1.29 is 24.0 Å². The number of nitrogens with zero attached hydrogens (tertiary/aromatic N) is 1. The summed E-state index contributed by atoms with van der Waals surface area (Å²) >= 11 is 10.9.